The quantitative estimate of drug-likeness (QED) is 0.751. The fourth-order valence-corrected chi connectivity index (χ4v) is 4.12. The van der Waals surface area contributed by atoms with Crippen molar-refractivity contribution in [2.75, 3.05) is 6.54 Å². The van der Waals surface area contributed by atoms with Crippen molar-refractivity contribution < 1.29 is 0 Å². The number of rotatable bonds is 6. The first-order chi connectivity index (χ1) is 9.20. The van der Waals surface area contributed by atoms with Gasteiger partial charge in [-0.05, 0) is 50.4 Å². The van der Waals surface area contributed by atoms with Gasteiger partial charge in [0, 0.05) is 16.2 Å². The summed E-state index contributed by atoms with van der Waals surface area (Å²) in [5.41, 5.74) is 1.29. The highest BCUT2D eigenvalue weighted by atomic mass is 35.5. The van der Waals surface area contributed by atoms with Crippen LogP contribution in [0.15, 0.2) is 23.1 Å². The van der Waals surface area contributed by atoms with Gasteiger partial charge in [0.2, 0.25) is 0 Å². The summed E-state index contributed by atoms with van der Waals surface area (Å²) >= 11 is 8.40. The molecule has 0 heterocycles. The highest BCUT2D eigenvalue weighted by molar-refractivity contribution is 8.00. The van der Waals surface area contributed by atoms with Gasteiger partial charge in [-0.2, -0.15) is 0 Å². The zero-order valence-electron chi connectivity index (χ0n) is 11.9. The van der Waals surface area contributed by atoms with Crippen molar-refractivity contribution in [3.63, 3.8) is 0 Å². The van der Waals surface area contributed by atoms with Crippen LogP contribution >= 0.6 is 23.4 Å². The molecule has 1 nitrogen and oxygen atoms in total. The van der Waals surface area contributed by atoms with E-state index in [-0.39, 0.29) is 0 Å². The third kappa shape index (κ3) is 4.40. The predicted octanol–water partition coefficient (Wildman–Crippen LogP) is 5.44. The maximum Gasteiger partial charge on any atom is 0.0545 e. The van der Waals surface area contributed by atoms with Crippen LogP contribution in [0.5, 0.6) is 0 Å². The molecule has 0 saturated heterocycles. The Hall–Kier alpha value is -0.180. The second-order valence-electron chi connectivity index (χ2n) is 5.39. The Morgan fingerprint density at radius 3 is 2.74 bits per heavy atom. The Balaban J connectivity index is 1.99. The van der Waals surface area contributed by atoms with Crippen molar-refractivity contribution in [1.29, 1.82) is 0 Å². The van der Waals surface area contributed by atoms with E-state index in [4.69, 9.17) is 11.6 Å². The molecule has 1 fully saturated rings. The Kier molecular flexibility index (Phi) is 6.06. The van der Waals surface area contributed by atoms with Gasteiger partial charge in [-0.25, -0.2) is 0 Å². The van der Waals surface area contributed by atoms with Gasteiger partial charge in [0.25, 0.3) is 0 Å². The minimum atomic E-state index is 0.378. The van der Waals surface area contributed by atoms with Crippen molar-refractivity contribution in [2.45, 2.75) is 62.1 Å². The first-order valence-corrected chi connectivity index (χ1v) is 8.66. The Labute approximate surface area is 126 Å². The summed E-state index contributed by atoms with van der Waals surface area (Å²) in [5.74, 6) is 0. The average Bonchev–Trinajstić information content (AvgIpc) is 2.91. The van der Waals surface area contributed by atoms with Gasteiger partial charge in [0.05, 0.1) is 5.02 Å². The van der Waals surface area contributed by atoms with Gasteiger partial charge in [-0.1, -0.05) is 37.4 Å². The molecule has 1 atom stereocenters. The van der Waals surface area contributed by atoms with Crippen LogP contribution < -0.4 is 5.32 Å². The Morgan fingerprint density at radius 2 is 2.11 bits per heavy atom. The van der Waals surface area contributed by atoms with E-state index in [1.165, 1.54) is 36.1 Å². The van der Waals surface area contributed by atoms with Crippen LogP contribution in [-0.4, -0.2) is 11.8 Å². The van der Waals surface area contributed by atoms with Crippen molar-refractivity contribution in [2.24, 2.45) is 0 Å². The monoisotopic (exact) mass is 297 g/mol. The summed E-state index contributed by atoms with van der Waals surface area (Å²) in [7, 11) is 0. The molecule has 2 rings (SSSR count). The number of hydrogen-bond donors (Lipinski definition) is 1. The van der Waals surface area contributed by atoms with Crippen LogP contribution in [0.25, 0.3) is 0 Å². The molecule has 0 bridgehead atoms. The minimum absolute atomic E-state index is 0.378. The lowest BCUT2D eigenvalue weighted by atomic mass is 10.1. The zero-order valence-corrected chi connectivity index (χ0v) is 13.5. The molecule has 0 amide bonds. The largest absolute Gasteiger partial charge is 0.310 e. The van der Waals surface area contributed by atoms with E-state index >= 15 is 0 Å². The lowest BCUT2D eigenvalue weighted by Crippen LogP contribution is -2.19. The molecule has 1 aromatic rings. The molecule has 0 radical (unpaired) electrons. The topological polar surface area (TPSA) is 12.0 Å². The number of halogens is 1. The van der Waals surface area contributed by atoms with Gasteiger partial charge in [0.15, 0.2) is 0 Å². The molecule has 0 aromatic heterocycles. The standard InChI is InChI=1S/C16H24ClNS/c1-3-10-18-12(2)13-8-9-16(15(17)11-13)19-14-6-4-5-7-14/h8-9,11-12,14,18H,3-7,10H2,1-2H3. The summed E-state index contributed by atoms with van der Waals surface area (Å²) in [5, 5.41) is 5.20. The minimum Gasteiger partial charge on any atom is -0.310 e. The first-order valence-electron chi connectivity index (χ1n) is 7.40. The smallest absolute Gasteiger partial charge is 0.0545 e. The van der Waals surface area contributed by atoms with Crippen LogP contribution in [0.1, 0.15) is 57.6 Å². The second kappa shape index (κ2) is 7.56. The van der Waals surface area contributed by atoms with Crippen LogP contribution in [-0.2, 0) is 0 Å². The zero-order chi connectivity index (χ0) is 13.7. The molecular weight excluding hydrogens is 274 g/mol. The molecule has 1 saturated carbocycles. The molecular formula is C16H24ClNS. The number of nitrogens with one attached hydrogen (secondary N) is 1. The van der Waals surface area contributed by atoms with E-state index in [2.05, 4.69) is 37.4 Å². The molecule has 1 unspecified atom stereocenters. The molecule has 0 aliphatic heterocycles. The van der Waals surface area contributed by atoms with E-state index in [0.717, 1.165) is 23.2 Å². The summed E-state index contributed by atoms with van der Waals surface area (Å²) in [6.07, 6.45) is 6.61. The number of thioether (sulfide) groups is 1. The second-order valence-corrected chi connectivity index (χ2v) is 7.14. The van der Waals surface area contributed by atoms with Crippen molar-refractivity contribution in [3.05, 3.63) is 28.8 Å². The predicted molar refractivity (Wildman–Crippen MR) is 86.3 cm³/mol. The first kappa shape index (κ1) is 15.2. The summed E-state index contributed by atoms with van der Waals surface area (Å²) < 4.78 is 0. The van der Waals surface area contributed by atoms with Crippen molar-refractivity contribution in [1.82, 2.24) is 5.32 Å². The van der Waals surface area contributed by atoms with Crippen molar-refractivity contribution in [3.8, 4) is 0 Å². The normalized spacial score (nSPS) is 17.8. The van der Waals surface area contributed by atoms with Crippen molar-refractivity contribution >= 4 is 23.4 Å². The molecule has 1 aromatic carbocycles. The van der Waals surface area contributed by atoms with E-state index in [0.29, 0.717) is 6.04 Å². The van der Waals surface area contributed by atoms with E-state index < -0.39 is 0 Å². The Bertz CT molecular complexity index is 402. The number of hydrogen-bond acceptors (Lipinski definition) is 2. The number of benzene rings is 1. The maximum atomic E-state index is 6.44. The van der Waals surface area contributed by atoms with Gasteiger partial charge in [-0.3, -0.25) is 0 Å². The highest BCUT2D eigenvalue weighted by Crippen LogP contribution is 2.38. The summed E-state index contributed by atoms with van der Waals surface area (Å²) in [4.78, 5) is 1.25. The average molecular weight is 298 g/mol. The summed E-state index contributed by atoms with van der Waals surface area (Å²) in [6.45, 7) is 5.44. The third-order valence-electron chi connectivity index (χ3n) is 3.75. The van der Waals surface area contributed by atoms with Crippen LogP contribution in [0.2, 0.25) is 5.02 Å². The van der Waals surface area contributed by atoms with Crippen LogP contribution in [0, 0.1) is 0 Å². The lowest BCUT2D eigenvalue weighted by Gasteiger charge is -2.16. The van der Waals surface area contributed by atoms with Gasteiger partial charge in [0.1, 0.15) is 0 Å². The molecule has 1 N–H and O–H groups in total. The summed E-state index contributed by atoms with van der Waals surface area (Å²) in [6, 6.07) is 6.93. The molecule has 1 aliphatic rings. The Morgan fingerprint density at radius 1 is 1.37 bits per heavy atom. The SMILES string of the molecule is CCCNC(C)c1ccc(SC2CCCC2)c(Cl)c1. The third-order valence-corrected chi connectivity index (χ3v) is 5.59. The molecule has 0 spiro atoms. The molecule has 3 heteroatoms. The molecule has 106 valence electrons. The van der Waals surface area contributed by atoms with Crippen LogP contribution in [0.4, 0.5) is 0 Å². The van der Waals surface area contributed by atoms with E-state index in [1.807, 2.05) is 11.8 Å². The van der Waals surface area contributed by atoms with Gasteiger partial charge in [-0.15, -0.1) is 11.8 Å². The van der Waals surface area contributed by atoms with E-state index in [1.54, 1.807) is 0 Å². The van der Waals surface area contributed by atoms with Gasteiger partial charge < -0.3 is 5.32 Å². The van der Waals surface area contributed by atoms with Crippen LogP contribution in [0.3, 0.4) is 0 Å². The van der Waals surface area contributed by atoms with E-state index in [9.17, 15) is 0 Å². The highest BCUT2D eigenvalue weighted by Gasteiger charge is 2.17. The fraction of sp³-hybridized carbons (Fsp3) is 0.625. The maximum absolute atomic E-state index is 6.44. The lowest BCUT2D eigenvalue weighted by molar-refractivity contribution is 0.570. The fourth-order valence-electron chi connectivity index (χ4n) is 2.55. The van der Waals surface area contributed by atoms with Gasteiger partial charge >= 0.3 is 0 Å². The molecule has 1 aliphatic carbocycles. The molecule has 19 heavy (non-hydrogen) atoms.